The maximum Gasteiger partial charge on any atom is 0.423 e. The molecule has 4 bridgehead atoms. The molecular weight excluding hydrogens is 388 g/mol. The van der Waals surface area contributed by atoms with Crippen LogP contribution in [-0.2, 0) is 9.47 Å². The molecule has 158 valence electrons. The van der Waals surface area contributed by atoms with Gasteiger partial charge >= 0.3 is 24.1 Å². The van der Waals surface area contributed by atoms with Crippen molar-refractivity contribution in [1.82, 2.24) is 0 Å². The van der Waals surface area contributed by atoms with Crippen molar-refractivity contribution in [2.24, 2.45) is 23.2 Å². The molecule has 27 heavy (non-hydrogen) atoms. The molecule has 4 rings (SSSR count). The summed E-state index contributed by atoms with van der Waals surface area (Å²) in [5, 5.41) is 0. The highest BCUT2D eigenvalue weighted by atomic mass is 19.3. The molecule has 4 aliphatic rings. The number of hydrogen-bond donors (Lipinski definition) is 0. The van der Waals surface area contributed by atoms with E-state index in [2.05, 4.69) is 4.74 Å². The third-order valence-corrected chi connectivity index (χ3v) is 6.41. The predicted octanol–water partition coefficient (Wildman–Crippen LogP) is 5.71. The van der Waals surface area contributed by atoms with Gasteiger partial charge in [-0.15, -0.1) is 0 Å². The Balaban J connectivity index is 1.44. The van der Waals surface area contributed by atoms with Gasteiger partial charge in [0.05, 0.1) is 6.61 Å². The van der Waals surface area contributed by atoms with E-state index in [1.165, 1.54) is 0 Å². The summed E-state index contributed by atoms with van der Waals surface area (Å²) in [7, 11) is 0. The first-order valence-electron chi connectivity index (χ1n) is 8.98. The highest BCUT2D eigenvalue weighted by molar-refractivity contribution is 5.12. The summed E-state index contributed by atoms with van der Waals surface area (Å²) in [6.45, 7) is -0.255. The fourth-order valence-corrected chi connectivity index (χ4v) is 5.05. The average molecular weight is 410 g/mol. The van der Waals surface area contributed by atoms with Crippen molar-refractivity contribution in [3.63, 3.8) is 0 Å². The maximum absolute atomic E-state index is 13.6. The van der Waals surface area contributed by atoms with E-state index in [0.29, 0.717) is 24.4 Å². The zero-order chi connectivity index (χ0) is 20.3. The van der Waals surface area contributed by atoms with E-state index in [9.17, 15) is 35.1 Å². The van der Waals surface area contributed by atoms with Gasteiger partial charge in [-0.05, 0) is 55.3 Å². The lowest BCUT2D eigenvalue weighted by Crippen LogP contribution is -2.52. The Labute approximate surface area is 151 Å². The van der Waals surface area contributed by atoms with Gasteiger partial charge < -0.3 is 4.74 Å². The fraction of sp³-hybridized carbons (Fsp3) is 1.00. The van der Waals surface area contributed by atoms with E-state index in [1.54, 1.807) is 0 Å². The molecule has 0 aromatic heterocycles. The van der Waals surface area contributed by atoms with E-state index in [4.69, 9.17) is 4.74 Å². The standard InChI is InChI=1S/C17H22F8O2/c1-13(18,19)16(22,23)27-17(24,25)15(20,21)3-2-4-26-9-14-7-10-5-12(14)6-11(10)8-14/h10-12H,2-9H2,1H3. The predicted molar refractivity (Wildman–Crippen MR) is 78.0 cm³/mol. The van der Waals surface area contributed by atoms with Crippen molar-refractivity contribution in [1.29, 1.82) is 0 Å². The monoisotopic (exact) mass is 410 g/mol. The van der Waals surface area contributed by atoms with Crippen LogP contribution in [0.1, 0.15) is 45.4 Å². The van der Waals surface area contributed by atoms with Gasteiger partial charge in [0.1, 0.15) is 0 Å². The lowest BCUT2D eigenvalue weighted by Gasteiger charge is -2.32. The summed E-state index contributed by atoms with van der Waals surface area (Å²) in [6, 6.07) is 0. The summed E-state index contributed by atoms with van der Waals surface area (Å²) in [4.78, 5) is 0. The molecule has 10 heteroatoms. The molecular formula is C17H22F8O2. The molecule has 0 heterocycles. The van der Waals surface area contributed by atoms with Gasteiger partial charge in [0.25, 0.3) is 0 Å². The molecule has 0 saturated heterocycles. The van der Waals surface area contributed by atoms with Gasteiger partial charge in [-0.3, -0.25) is 0 Å². The summed E-state index contributed by atoms with van der Waals surface area (Å²) in [5.41, 5.74) is 0.0691. The van der Waals surface area contributed by atoms with Crippen LogP contribution in [0.4, 0.5) is 35.1 Å². The third kappa shape index (κ3) is 3.68. The van der Waals surface area contributed by atoms with E-state index in [-0.39, 0.29) is 12.0 Å². The molecule has 2 nitrogen and oxygen atoms in total. The molecule has 0 aromatic carbocycles. The van der Waals surface area contributed by atoms with Crippen molar-refractivity contribution in [2.45, 2.75) is 69.5 Å². The number of hydrogen-bond acceptors (Lipinski definition) is 2. The van der Waals surface area contributed by atoms with E-state index in [1.807, 2.05) is 0 Å². The first-order valence-corrected chi connectivity index (χ1v) is 8.98. The van der Waals surface area contributed by atoms with Crippen LogP contribution < -0.4 is 0 Å². The molecule has 2 unspecified atom stereocenters. The molecule has 0 aromatic rings. The highest BCUT2D eigenvalue weighted by Crippen LogP contribution is 2.70. The highest BCUT2D eigenvalue weighted by Gasteiger charge is 2.67. The minimum absolute atomic E-state index is 0.0691. The Bertz CT molecular complexity index is 546. The second kappa shape index (κ2) is 6.43. The summed E-state index contributed by atoms with van der Waals surface area (Å²) in [6.07, 6.45) is -9.11. The van der Waals surface area contributed by atoms with Crippen LogP contribution >= 0.6 is 0 Å². The Morgan fingerprint density at radius 1 is 0.889 bits per heavy atom. The first kappa shape index (κ1) is 21.1. The van der Waals surface area contributed by atoms with Crippen molar-refractivity contribution in [2.75, 3.05) is 13.2 Å². The molecule has 0 N–H and O–H groups in total. The van der Waals surface area contributed by atoms with Gasteiger partial charge in [-0.2, -0.15) is 35.1 Å². The van der Waals surface area contributed by atoms with Crippen molar-refractivity contribution >= 4 is 0 Å². The summed E-state index contributed by atoms with van der Waals surface area (Å²) in [5.74, 6) is -8.08. The fourth-order valence-electron chi connectivity index (χ4n) is 5.05. The lowest BCUT2D eigenvalue weighted by molar-refractivity contribution is -0.465. The lowest BCUT2D eigenvalue weighted by atomic mass is 9.82. The summed E-state index contributed by atoms with van der Waals surface area (Å²) < 4.78 is 113. The van der Waals surface area contributed by atoms with E-state index < -0.39 is 43.8 Å². The summed E-state index contributed by atoms with van der Waals surface area (Å²) >= 11 is 0. The van der Waals surface area contributed by atoms with Crippen LogP contribution in [0.5, 0.6) is 0 Å². The minimum Gasteiger partial charge on any atom is -0.381 e. The molecule has 4 fully saturated rings. The van der Waals surface area contributed by atoms with Gasteiger partial charge in [-0.25, -0.2) is 4.74 Å². The van der Waals surface area contributed by atoms with Gasteiger partial charge in [0, 0.05) is 20.0 Å². The maximum atomic E-state index is 13.6. The Hall–Kier alpha value is -0.640. The smallest absolute Gasteiger partial charge is 0.381 e. The quantitative estimate of drug-likeness (QED) is 0.339. The second-order valence-electron chi connectivity index (χ2n) is 8.34. The van der Waals surface area contributed by atoms with Gasteiger partial charge in [-0.1, -0.05) is 0 Å². The number of ether oxygens (including phenoxy) is 2. The molecule has 4 aliphatic carbocycles. The first-order chi connectivity index (χ1) is 12.2. The number of halogens is 8. The SMILES string of the molecule is CC(F)(F)C(F)(F)OC(F)(F)C(F)(F)CCCOCC12CC3CC1CC3C2. The van der Waals surface area contributed by atoms with Gasteiger partial charge in [0.2, 0.25) is 0 Å². The van der Waals surface area contributed by atoms with Crippen LogP contribution in [-0.4, -0.2) is 37.3 Å². The van der Waals surface area contributed by atoms with Crippen LogP contribution in [0.3, 0.4) is 0 Å². The van der Waals surface area contributed by atoms with Crippen molar-refractivity contribution < 1.29 is 44.6 Å². The molecule has 2 atom stereocenters. The third-order valence-electron chi connectivity index (χ3n) is 6.41. The van der Waals surface area contributed by atoms with Gasteiger partial charge in [0.15, 0.2) is 0 Å². The molecule has 0 aliphatic heterocycles. The van der Waals surface area contributed by atoms with Crippen molar-refractivity contribution in [3.05, 3.63) is 0 Å². The number of rotatable bonds is 10. The number of alkyl halides is 8. The molecule has 0 spiro atoms. The van der Waals surface area contributed by atoms with Crippen molar-refractivity contribution in [3.8, 4) is 0 Å². The van der Waals surface area contributed by atoms with E-state index in [0.717, 1.165) is 25.7 Å². The normalized spacial score (nSPS) is 33.4. The second-order valence-corrected chi connectivity index (χ2v) is 8.34. The van der Waals surface area contributed by atoms with Crippen LogP contribution in [0.25, 0.3) is 0 Å². The average Bonchev–Trinajstić information content (AvgIpc) is 3.17. The zero-order valence-corrected chi connectivity index (χ0v) is 14.7. The Kier molecular flexibility index (Phi) is 5.02. The van der Waals surface area contributed by atoms with Crippen LogP contribution in [0.2, 0.25) is 0 Å². The topological polar surface area (TPSA) is 18.5 Å². The Morgan fingerprint density at radius 2 is 1.44 bits per heavy atom. The minimum atomic E-state index is -5.74. The molecule has 0 radical (unpaired) electrons. The molecule has 4 saturated carbocycles. The largest absolute Gasteiger partial charge is 0.423 e. The Morgan fingerprint density at radius 3 is 1.89 bits per heavy atom. The van der Waals surface area contributed by atoms with Crippen LogP contribution in [0.15, 0.2) is 0 Å². The van der Waals surface area contributed by atoms with E-state index >= 15 is 0 Å². The van der Waals surface area contributed by atoms with Crippen LogP contribution in [0, 0.1) is 23.2 Å². The zero-order valence-electron chi connectivity index (χ0n) is 14.7. The molecule has 0 amide bonds.